The van der Waals surface area contributed by atoms with Crippen molar-refractivity contribution in [2.24, 2.45) is 17.2 Å². The maximum Gasteiger partial charge on any atom is 0.335 e. The Morgan fingerprint density at radius 1 is 0.661 bits per heavy atom. The highest BCUT2D eigenvalue weighted by Gasteiger charge is 2.37. The van der Waals surface area contributed by atoms with Crippen molar-refractivity contribution in [3.63, 3.8) is 0 Å². The first-order chi connectivity index (χ1) is 27.8. The summed E-state index contributed by atoms with van der Waals surface area (Å²) in [5.41, 5.74) is 15.8. The smallest absolute Gasteiger partial charge is 0.335 e. The number of nitrogens with one attached hydrogen (secondary N) is 7. The van der Waals surface area contributed by atoms with Gasteiger partial charge in [-0.15, -0.1) is 0 Å². The molecule has 0 aliphatic carbocycles. The van der Waals surface area contributed by atoms with Crippen LogP contribution in [0.5, 0.6) is 0 Å². The van der Waals surface area contributed by atoms with Gasteiger partial charge in [0.25, 0.3) is 0 Å². The van der Waals surface area contributed by atoms with Crippen LogP contribution in [-0.4, -0.2) is 154 Å². The maximum atomic E-state index is 13.5. The molecule has 0 aliphatic heterocycles. The summed E-state index contributed by atoms with van der Waals surface area (Å²) in [7, 11) is 0. The fourth-order valence-corrected chi connectivity index (χ4v) is 5.13. The number of urea groups is 1. The monoisotopic (exact) mass is 846 g/mol. The number of nitrogens with two attached hydrogens (primary N) is 3. The molecule has 0 aromatic carbocycles. The lowest BCUT2D eigenvalue weighted by Gasteiger charge is -2.27. The van der Waals surface area contributed by atoms with Crippen LogP contribution in [0.3, 0.4) is 0 Å². The van der Waals surface area contributed by atoms with Gasteiger partial charge in [0.05, 0.1) is 25.4 Å². The minimum Gasteiger partial charge on any atom is -0.479 e. The van der Waals surface area contributed by atoms with Crippen LogP contribution in [0.1, 0.15) is 78.1 Å². The van der Waals surface area contributed by atoms with Crippen molar-refractivity contribution >= 4 is 53.4 Å². The molecule has 0 fully saturated rings. The standard InChI is InChI=1S/C35H62N10O14/c1-3-4-5-6-7-8-9-12-25(50)42-21(11-10-14-40-35(38)59)29(52)44-23(18-47)31(54)43-22(13-15-39-32(55)26(37)19(2)48)30(53)45-27(28(51)34(57)58)33(56)41-20(17-46)16-24(36)49/h9,12,19-23,26-28,46-48,51H,3-8,10-11,13-18,37H2,1-2H3,(H2,36,49)(H,39,55)(H,41,56)(H,42,50)(H,43,54)(H,44,52)(H,45,53)(H,57,58)(H3,38,40,59). The number of carbonyl (C=O) groups is 9. The third-order valence-corrected chi connectivity index (χ3v) is 8.51. The summed E-state index contributed by atoms with van der Waals surface area (Å²) in [5, 5.41) is 64.6. The summed E-state index contributed by atoms with van der Waals surface area (Å²) in [6, 6.07) is -10.8. The predicted octanol–water partition coefficient (Wildman–Crippen LogP) is -5.70. The lowest BCUT2D eigenvalue weighted by atomic mass is 10.1. The van der Waals surface area contributed by atoms with Crippen LogP contribution in [0.15, 0.2) is 12.2 Å². The van der Waals surface area contributed by atoms with Gasteiger partial charge in [-0.2, -0.15) is 0 Å². The highest BCUT2D eigenvalue weighted by molar-refractivity contribution is 5.98. The first kappa shape index (κ1) is 53.6. The van der Waals surface area contributed by atoms with Gasteiger partial charge in [0.2, 0.25) is 41.4 Å². The zero-order chi connectivity index (χ0) is 45.1. The Kier molecular flexibility index (Phi) is 27.0. The molecule has 336 valence electrons. The Morgan fingerprint density at radius 3 is 1.81 bits per heavy atom. The van der Waals surface area contributed by atoms with E-state index in [1.165, 1.54) is 13.0 Å². The SMILES string of the molecule is CCCCCCCC=CC(=O)NC(CCCNC(N)=O)C(=O)NC(CO)C(=O)NC(CCNC(=O)C(N)C(C)O)C(=O)NC(C(=O)NC(CO)CC(N)=O)C(O)C(=O)O. The van der Waals surface area contributed by atoms with Gasteiger partial charge in [0.1, 0.15) is 30.2 Å². The van der Waals surface area contributed by atoms with E-state index in [1.807, 2.05) is 5.32 Å². The second-order valence-electron chi connectivity index (χ2n) is 13.6. The number of primary amides is 2. The normalized spacial score (nSPS) is 15.2. The van der Waals surface area contributed by atoms with E-state index in [1.54, 1.807) is 6.08 Å². The molecule has 24 heteroatoms. The van der Waals surface area contributed by atoms with Crippen molar-refractivity contribution in [2.75, 3.05) is 26.3 Å². The third-order valence-electron chi connectivity index (χ3n) is 8.51. The van der Waals surface area contributed by atoms with Crippen molar-refractivity contribution in [2.45, 2.75) is 127 Å². The molecule has 0 bridgehead atoms. The number of hydrogen-bond donors (Lipinski definition) is 15. The molecular formula is C35H62N10O14. The molecule has 0 rings (SSSR count). The predicted molar refractivity (Wildman–Crippen MR) is 208 cm³/mol. The summed E-state index contributed by atoms with van der Waals surface area (Å²) in [6.45, 7) is 0.957. The Balaban J connectivity index is 6.29. The van der Waals surface area contributed by atoms with Crippen LogP contribution in [0.4, 0.5) is 4.79 Å². The van der Waals surface area contributed by atoms with Crippen molar-refractivity contribution in [3.05, 3.63) is 12.2 Å². The van der Waals surface area contributed by atoms with Gasteiger partial charge in [-0.05, 0) is 45.1 Å². The Bertz CT molecular complexity index is 1430. The number of carboxylic acids is 1. The first-order valence-electron chi connectivity index (χ1n) is 19.1. The second-order valence-corrected chi connectivity index (χ2v) is 13.6. The van der Waals surface area contributed by atoms with Crippen molar-refractivity contribution in [1.82, 2.24) is 37.2 Å². The van der Waals surface area contributed by atoms with E-state index in [2.05, 4.69) is 38.8 Å². The molecule has 0 saturated heterocycles. The number of amides is 9. The van der Waals surface area contributed by atoms with E-state index in [9.17, 15) is 68.7 Å². The molecule has 0 saturated carbocycles. The molecule has 59 heavy (non-hydrogen) atoms. The average Bonchev–Trinajstić information content (AvgIpc) is 3.17. The van der Waals surface area contributed by atoms with E-state index in [-0.39, 0.29) is 19.4 Å². The second kappa shape index (κ2) is 29.7. The molecule has 8 atom stereocenters. The maximum absolute atomic E-state index is 13.5. The van der Waals surface area contributed by atoms with Crippen LogP contribution < -0.4 is 54.4 Å². The Morgan fingerprint density at radius 2 is 1.25 bits per heavy atom. The van der Waals surface area contributed by atoms with Gasteiger partial charge in [-0.3, -0.25) is 33.6 Å². The number of aliphatic carboxylic acids is 1. The molecule has 24 nitrogen and oxygen atoms in total. The van der Waals surface area contributed by atoms with Gasteiger partial charge < -0.3 is 80.0 Å². The summed E-state index contributed by atoms with van der Waals surface area (Å²) in [6.07, 6.45) is 3.51. The minimum atomic E-state index is -2.62. The fraction of sp³-hybridized carbons (Fsp3) is 0.686. The molecule has 0 spiro atoms. The molecule has 0 radical (unpaired) electrons. The Labute approximate surface area is 341 Å². The summed E-state index contributed by atoms with van der Waals surface area (Å²) < 4.78 is 0. The number of aliphatic hydroxyl groups excluding tert-OH is 4. The molecule has 0 heterocycles. The summed E-state index contributed by atoms with van der Waals surface area (Å²) in [4.78, 5) is 113. The van der Waals surface area contributed by atoms with Crippen LogP contribution in [0.25, 0.3) is 0 Å². The van der Waals surface area contributed by atoms with Crippen molar-refractivity contribution < 1.29 is 68.7 Å². The van der Waals surface area contributed by atoms with Gasteiger partial charge in [0.15, 0.2) is 6.10 Å². The fourth-order valence-electron chi connectivity index (χ4n) is 5.13. The van der Waals surface area contributed by atoms with E-state index in [0.717, 1.165) is 32.1 Å². The van der Waals surface area contributed by atoms with E-state index in [0.29, 0.717) is 6.42 Å². The highest BCUT2D eigenvalue weighted by atomic mass is 16.4. The molecule has 8 unspecified atom stereocenters. The largest absolute Gasteiger partial charge is 0.479 e. The van der Waals surface area contributed by atoms with Gasteiger partial charge in [-0.25, -0.2) is 9.59 Å². The van der Waals surface area contributed by atoms with Crippen LogP contribution in [-0.2, 0) is 38.4 Å². The molecular weight excluding hydrogens is 784 g/mol. The number of aliphatic hydroxyl groups is 4. The lowest BCUT2D eigenvalue weighted by molar-refractivity contribution is -0.152. The van der Waals surface area contributed by atoms with Gasteiger partial charge in [-0.1, -0.05) is 38.7 Å². The Hall–Kier alpha value is -5.43. The topological polar surface area (TPSA) is 417 Å². The molecule has 0 aromatic heterocycles. The van der Waals surface area contributed by atoms with E-state index in [4.69, 9.17) is 17.2 Å². The minimum absolute atomic E-state index is 0.0172. The van der Waals surface area contributed by atoms with Crippen molar-refractivity contribution in [1.29, 1.82) is 0 Å². The van der Waals surface area contributed by atoms with E-state index >= 15 is 0 Å². The number of rotatable bonds is 31. The van der Waals surface area contributed by atoms with Gasteiger partial charge in [0, 0.05) is 19.5 Å². The molecule has 9 amide bonds. The average molecular weight is 847 g/mol. The number of allylic oxidation sites excluding steroid dienone is 1. The highest BCUT2D eigenvalue weighted by Crippen LogP contribution is 2.07. The van der Waals surface area contributed by atoms with Crippen LogP contribution >= 0.6 is 0 Å². The van der Waals surface area contributed by atoms with E-state index < -0.39 is 134 Å². The molecule has 0 aromatic rings. The van der Waals surface area contributed by atoms with Crippen LogP contribution in [0.2, 0.25) is 0 Å². The zero-order valence-corrected chi connectivity index (χ0v) is 33.3. The first-order valence-corrected chi connectivity index (χ1v) is 19.1. The van der Waals surface area contributed by atoms with Crippen LogP contribution in [0, 0.1) is 0 Å². The molecule has 18 N–H and O–H groups in total. The number of hydrogen-bond acceptors (Lipinski definition) is 14. The van der Waals surface area contributed by atoms with Gasteiger partial charge >= 0.3 is 12.0 Å². The third kappa shape index (κ3) is 22.9. The number of carbonyl (C=O) groups excluding carboxylic acids is 8. The quantitative estimate of drug-likeness (QED) is 0.0228. The molecule has 0 aliphatic rings. The number of unbranched alkanes of at least 4 members (excludes halogenated alkanes) is 5. The summed E-state index contributed by atoms with van der Waals surface area (Å²) in [5.74, 6) is -9.41. The van der Waals surface area contributed by atoms with Crippen molar-refractivity contribution in [3.8, 4) is 0 Å². The number of carboxylic acid groups (broad SMARTS) is 1. The lowest BCUT2D eigenvalue weighted by Crippen LogP contribution is -2.62. The zero-order valence-electron chi connectivity index (χ0n) is 33.3. The summed E-state index contributed by atoms with van der Waals surface area (Å²) >= 11 is 0.